The normalized spacial score (nSPS) is 13.6. The third-order valence-electron chi connectivity index (χ3n) is 3.57. The van der Waals surface area contributed by atoms with Crippen molar-refractivity contribution in [2.45, 2.75) is 12.8 Å². The molecule has 1 N–H and O–H groups in total. The summed E-state index contributed by atoms with van der Waals surface area (Å²) in [6, 6.07) is 11.2. The van der Waals surface area contributed by atoms with Crippen LogP contribution in [-0.2, 0) is 9.59 Å². The van der Waals surface area contributed by atoms with Crippen LogP contribution in [-0.4, -0.2) is 23.4 Å². The molecule has 126 valence electrons. The quantitative estimate of drug-likeness (QED) is 0.525. The summed E-state index contributed by atoms with van der Waals surface area (Å²) in [5.41, 5.74) is 3.10. The molecular formula is C18H13FN2O4. The van der Waals surface area contributed by atoms with Crippen molar-refractivity contribution < 1.29 is 23.5 Å². The molecule has 25 heavy (non-hydrogen) atoms. The van der Waals surface area contributed by atoms with Crippen LogP contribution in [0.5, 0.6) is 5.75 Å². The SMILES string of the molecule is O=C1CCC(C(=O)Oc2ccc(C(=O)c3ccc(F)cc3)cc2)=NN1. The minimum atomic E-state index is -0.655. The van der Waals surface area contributed by atoms with Crippen LogP contribution in [0.2, 0.25) is 0 Å². The number of amides is 1. The van der Waals surface area contributed by atoms with Gasteiger partial charge in [0.1, 0.15) is 17.3 Å². The monoisotopic (exact) mass is 340 g/mol. The fourth-order valence-electron chi connectivity index (χ4n) is 2.23. The number of halogens is 1. The topological polar surface area (TPSA) is 84.8 Å². The Hall–Kier alpha value is -3.35. The Bertz CT molecular complexity index is 858. The molecule has 0 atom stereocenters. The lowest BCUT2D eigenvalue weighted by atomic mass is 10.0. The summed E-state index contributed by atoms with van der Waals surface area (Å²) < 4.78 is 18.1. The van der Waals surface area contributed by atoms with E-state index in [1.807, 2.05) is 0 Å². The van der Waals surface area contributed by atoms with Gasteiger partial charge in [0.2, 0.25) is 5.91 Å². The van der Waals surface area contributed by atoms with E-state index in [1.165, 1.54) is 48.5 Å². The number of nitrogens with zero attached hydrogens (tertiary/aromatic N) is 1. The molecular weight excluding hydrogens is 327 g/mol. The van der Waals surface area contributed by atoms with Gasteiger partial charge in [-0.3, -0.25) is 9.59 Å². The molecule has 0 spiro atoms. The van der Waals surface area contributed by atoms with Crippen molar-refractivity contribution >= 4 is 23.4 Å². The number of benzene rings is 2. The highest BCUT2D eigenvalue weighted by Crippen LogP contribution is 2.17. The molecule has 0 aliphatic carbocycles. The molecule has 0 fully saturated rings. The van der Waals surface area contributed by atoms with E-state index in [-0.39, 0.29) is 36.0 Å². The maximum atomic E-state index is 12.9. The lowest BCUT2D eigenvalue weighted by Crippen LogP contribution is -2.31. The highest BCUT2D eigenvalue weighted by molar-refractivity contribution is 6.37. The van der Waals surface area contributed by atoms with E-state index in [2.05, 4.69) is 10.5 Å². The smallest absolute Gasteiger partial charge is 0.359 e. The fourth-order valence-corrected chi connectivity index (χ4v) is 2.23. The van der Waals surface area contributed by atoms with Crippen LogP contribution in [0.15, 0.2) is 53.6 Å². The first-order valence-corrected chi connectivity index (χ1v) is 7.51. The van der Waals surface area contributed by atoms with Gasteiger partial charge in [0.05, 0.1) is 0 Å². The number of hydrogen-bond donors (Lipinski definition) is 1. The van der Waals surface area contributed by atoms with Gasteiger partial charge in [-0.05, 0) is 48.5 Å². The lowest BCUT2D eigenvalue weighted by molar-refractivity contribution is -0.127. The number of ether oxygens (including phenoxy) is 1. The molecule has 0 unspecified atom stereocenters. The van der Waals surface area contributed by atoms with Crippen molar-refractivity contribution in [3.63, 3.8) is 0 Å². The third-order valence-corrected chi connectivity index (χ3v) is 3.57. The zero-order chi connectivity index (χ0) is 17.8. The van der Waals surface area contributed by atoms with Gasteiger partial charge in [0, 0.05) is 24.0 Å². The van der Waals surface area contributed by atoms with Gasteiger partial charge in [-0.25, -0.2) is 14.6 Å². The van der Waals surface area contributed by atoms with E-state index in [4.69, 9.17) is 4.74 Å². The van der Waals surface area contributed by atoms with Gasteiger partial charge in [-0.15, -0.1) is 0 Å². The van der Waals surface area contributed by atoms with Crippen LogP contribution in [0.25, 0.3) is 0 Å². The van der Waals surface area contributed by atoms with Crippen molar-refractivity contribution in [2.24, 2.45) is 5.10 Å². The van der Waals surface area contributed by atoms with E-state index in [0.717, 1.165) is 0 Å². The molecule has 7 heteroatoms. The maximum absolute atomic E-state index is 12.9. The highest BCUT2D eigenvalue weighted by atomic mass is 19.1. The predicted octanol–water partition coefficient (Wildman–Crippen LogP) is 2.23. The number of hydrogen-bond acceptors (Lipinski definition) is 5. The average molecular weight is 340 g/mol. The molecule has 3 rings (SSSR count). The Kier molecular flexibility index (Phi) is 4.65. The van der Waals surface area contributed by atoms with Crippen molar-refractivity contribution in [3.8, 4) is 5.75 Å². The van der Waals surface area contributed by atoms with Gasteiger partial charge in [-0.2, -0.15) is 5.10 Å². The van der Waals surface area contributed by atoms with Gasteiger partial charge in [0.25, 0.3) is 0 Å². The Morgan fingerprint density at radius 3 is 2.12 bits per heavy atom. The zero-order valence-electron chi connectivity index (χ0n) is 13.0. The summed E-state index contributed by atoms with van der Waals surface area (Å²) >= 11 is 0. The van der Waals surface area contributed by atoms with Crippen molar-refractivity contribution in [3.05, 3.63) is 65.5 Å². The second-order valence-electron chi connectivity index (χ2n) is 5.34. The summed E-state index contributed by atoms with van der Waals surface area (Å²) in [6.45, 7) is 0. The minimum Gasteiger partial charge on any atom is -0.422 e. The first-order valence-electron chi connectivity index (χ1n) is 7.51. The highest BCUT2D eigenvalue weighted by Gasteiger charge is 2.20. The molecule has 2 aromatic rings. The number of rotatable bonds is 4. The van der Waals surface area contributed by atoms with Gasteiger partial charge in [0.15, 0.2) is 5.78 Å². The van der Waals surface area contributed by atoms with Crippen LogP contribution in [0.4, 0.5) is 4.39 Å². The average Bonchev–Trinajstić information content (AvgIpc) is 2.63. The fraction of sp³-hybridized carbons (Fsp3) is 0.111. The second-order valence-corrected chi connectivity index (χ2v) is 5.34. The van der Waals surface area contributed by atoms with Gasteiger partial charge < -0.3 is 4.74 Å². The maximum Gasteiger partial charge on any atom is 0.359 e. The largest absolute Gasteiger partial charge is 0.422 e. The molecule has 1 aliphatic rings. The number of hydrazone groups is 1. The summed E-state index contributed by atoms with van der Waals surface area (Å²) in [5, 5.41) is 3.66. The first-order chi connectivity index (χ1) is 12.0. The molecule has 0 saturated carbocycles. The Morgan fingerprint density at radius 2 is 1.56 bits per heavy atom. The second kappa shape index (κ2) is 7.04. The van der Waals surface area contributed by atoms with Gasteiger partial charge in [-0.1, -0.05) is 0 Å². The number of ketones is 1. The van der Waals surface area contributed by atoms with E-state index in [9.17, 15) is 18.8 Å². The van der Waals surface area contributed by atoms with E-state index in [1.54, 1.807) is 0 Å². The molecule has 1 heterocycles. The van der Waals surface area contributed by atoms with Crippen LogP contribution in [0, 0.1) is 5.82 Å². The summed E-state index contributed by atoms with van der Waals surface area (Å²) in [5.74, 6) is -1.34. The molecule has 1 aliphatic heterocycles. The predicted molar refractivity (Wildman–Crippen MR) is 86.7 cm³/mol. The van der Waals surface area contributed by atoms with Crippen molar-refractivity contribution in [1.82, 2.24) is 5.43 Å². The van der Waals surface area contributed by atoms with E-state index in [0.29, 0.717) is 11.1 Å². The number of carbonyl (C=O) groups excluding carboxylic acids is 3. The molecule has 0 saturated heterocycles. The van der Waals surface area contributed by atoms with E-state index < -0.39 is 11.8 Å². The summed E-state index contributed by atoms with van der Waals surface area (Å²) in [7, 11) is 0. The van der Waals surface area contributed by atoms with E-state index >= 15 is 0 Å². The summed E-state index contributed by atoms with van der Waals surface area (Å²) in [4.78, 5) is 35.2. The molecule has 0 aromatic heterocycles. The number of esters is 1. The van der Waals surface area contributed by atoms with Gasteiger partial charge >= 0.3 is 5.97 Å². The molecule has 0 bridgehead atoms. The van der Waals surface area contributed by atoms with Crippen LogP contribution < -0.4 is 10.2 Å². The van der Waals surface area contributed by atoms with Crippen LogP contribution >= 0.6 is 0 Å². The zero-order valence-corrected chi connectivity index (χ0v) is 13.0. The molecule has 0 radical (unpaired) electrons. The Balaban J connectivity index is 1.68. The molecule has 6 nitrogen and oxygen atoms in total. The Morgan fingerprint density at radius 1 is 0.960 bits per heavy atom. The lowest BCUT2D eigenvalue weighted by Gasteiger charge is -2.11. The summed E-state index contributed by atoms with van der Waals surface area (Å²) in [6.07, 6.45) is 0.394. The standard InChI is InChI=1S/C18H13FN2O4/c19-13-5-1-11(2-6-13)17(23)12-3-7-14(8-4-12)25-18(24)15-9-10-16(22)21-20-15/h1-8H,9-10H2,(H,21,22). The van der Waals surface area contributed by atoms with Crippen LogP contribution in [0.3, 0.4) is 0 Å². The first kappa shape index (κ1) is 16.5. The number of carbonyl (C=O) groups is 3. The Labute approximate surface area is 142 Å². The molecule has 2 aromatic carbocycles. The number of nitrogens with one attached hydrogen (secondary N) is 1. The van der Waals surface area contributed by atoms with Crippen molar-refractivity contribution in [2.75, 3.05) is 0 Å². The minimum absolute atomic E-state index is 0.131. The molecule has 1 amide bonds. The van der Waals surface area contributed by atoms with Crippen LogP contribution in [0.1, 0.15) is 28.8 Å². The third kappa shape index (κ3) is 3.95. The van der Waals surface area contributed by atoms with Crippen molar-refractivity contribution in [1.29, 1.82) is 0 Å².